The number of piperidine rings is 1. The van der Waals surface area contributed by atoms with Gasteiger partial charge in [-0.25, -0.2) is 4.79 Å². The smallest absolute Gasteiger partial charge is 0.317 e. The number of likely N-dealkylation sites (tertiary alicyclic amines) is 1. The summed E-state index contributed by atoms with van der Waals surface area (Å²) < 4.78 is 0. The molecule has 1 aromatic rings. The van der Waals surface area contributed by atoms with Crippen LogP contribution in [0.4, 0.5) is 4.79 Å². The van der Waals surface area contributed by atoms with Gasteiger partial charge in [0.2, 0.25) is 0 Å². The molecule has 2 heterocycles. The molecule has 0 spiro atoms. The third-order valence-electron chi connectivity index (χ3n) is 5.51. The van der Waals surface area contributed by atoms with Crippen molar-refractivity contribution in [3.8, 4) is 0 Å². The van der Waals surface area contributed by atoms with Crippen LogP contribution >= 0.6 is 0 Å². The van der Waals surface area contributed by atoms with Crippen LogP contribution in [-0.2, 0) is 6.42 Å². The lowest BCUT2D eigenvalue weighted by molar-refractivity contribution is 0.164. The maximum atomic E-state index is 11.6. The van der Waals surface area contributed by atoms with Gasteiger partial charge in [-0.3, -0.25) is 0 Å². The highest BCUT2D eigenvalue weighted by Gasteiger charge is 2.23. The Morgan fingerprint density at radius 3 is 2.38 bits per heavy atom. The van der Waals surface area contributed by atoms with Gasteiger partial charge in [0.15, 0.2) is 0 Å². The van der Waals surface area contributed by atoms with Crippen LogP contribution in [0.5, 0.6) is 0 Å². The fraction of sp³-hybridized carbons (Fsp3) is 0.650. The first-order valence-electron chi connectivity index (χ1n) is 9.46. The van der Waals surface area contributed by atoms with Gasteiger partial charge in [-0.15, -0.1) is 0 Å². The molecule has 2 aliphatic rings. The van der Waals surface area contributed by atoms with E-state index in [4.69, 9.17) is 0 Å². The van der Waals surface area contributed by atoms with Gasteiger partial charge in [0.05, 0.1) is 0 Å². The Labute approximate surface area is 146 Å². The van der Waals surface area contributed by atoms with Crippen LogP contribution in [0.3, 0.4) is 0 Å². The van der Waals surface area contributed by atoms with Crippen molar-refractivity contribution in [2.45, 2.75) is 39.0 Å². The van der Waals surface area contributed by atoms with Gasteiger partial charge in [-0.2, -0.15) is 0 Å². The van der Waals surface area contributed by atoms with Crippen LogP contribution in [0.15, 0.2) is 24.3 Å². The molecule has 1 N–H and O–H groups in total. The predicted octanol–water partition coefficient (Wildman–Crippen LogP) is 3.09. The first-order valence-corrected chi connectivity index (χ1v) is 9.46. The molecule has 0 radical (unpaired) electrons. The molecular weight excluding hydrogens is 298 g/mol. The van der Waals surface area contributed by atoms with Gasteiger partial charge < -0.3 is 15.1 Å². The molecule has 0 aromatic heterocycles. The number of benzene rings is 1. The van der Waals surface area contributed by atoms with Crippen molar-refractivity contribution in [3.63, 3.8) is 0 Å². The Balaban J connectivity index is 1.39. The van der Waals surface area contributed by atoms with Gasteiger partial charge in [0.1, 0.15) is 0 Å². The van der Waals surface area contributed by atoms with Gasteiger partial charge >= 0.3 is 6.03 Å². The minimum atomic E-state index is 0.106. The number of urea groups is 1. The van der Waals surface area contributed by atoms with Crippen molar-refractivity contribution >= 4 is 6.03 Å². The summed E-state index contributed by atoms with van der Waals surface area (Å²) in [7, 11) is 0. The summed E-state index contributed by atoms with van der Waals surface area (Å²) in [5.74, 6) is 1.42. The number of nitrogens with zero attached hydrogens (tertiary/aromatic N) is 2. The summed E-state index contributed by atoms with van der Waals surface area (Å²) in [5.41, 5.74) is 2.91. The fourth-order valence-corrected chi connectivity index (χ4v) is 3.77. The average molecular weight is 329 g/mol. The lowest BCUT2D eigenvalue weighted by Gasteiger charge is -2.33. The van der Waals surface area contributed by atoms with Crippen molar-refractivity contribution in [2.24, 2.45) is 5.92 Å². The Morgan fingerprint density at radius 1 is 1.08 bits per heavy atom. The van der Waals surface area contributed by atoms with Crippen LogP contribution in [0.1, 0.15) is 43.7 Å². The molecule has 1 aromatic carbocycles. The van der Waals surface area contributed by atoms with E-state index in [1.54, 1.807) is 0 Å². The van der Waals surface area contributed by atoms with E-state index >= 15 is 0 Å². The molecule has 2 amide bonds. The summed E-state index contributed by atoms with van der Waals surface area (Å²) in [6.45, 7) is 10.4. The summed E-state index contributed by atoms with van der Waals surface area (Å²) in [6, 6.07) is 9.31. The zero-order valence-corrected chi connectivity index (χ0v) is 15.1. The van der Waals surface area contributed by atoms with Crippen LogP contribution in [0.2, 0.25) is 0 Å². The van der Waals surface area contributed by atoms with Crippen molar-refractivity contribution in [1.29, 1.82) is 0 Å². The molecule has 2 fully saturated rings. The third kappa shape index (κ3) is 4.50. The van der Waals surface area contributed by atoms with E-state index in [1.807, 2.05) is 4.90 Å². The van der Waals surface area contributed by atoms with Gasteiger partial charge in [0.25, 0.3) is 0 Å². The summed E-state index contributed by atoms with van der Waals surface area (Å²) in [6.07, 6.45) is 3.76. The zero-order valence-electron chi connectivity index (χ0n) is 15.1. The minimum Gasteiger partial charge on any atom is -0.336 e. The second-order valence-corrected chi connectivity index (χ2v) is 7.60. The fourth-order valence-electron chi connectivity index (χ4n) is 3.77. The Kier molecular flexibility index (Phi) is 5.77. The van der Waals surface area contributed by atoms with Crippen molar-refractivity contribution in [1.82, 2.24) is 15.1 Å². The van der Waals surface area contributed by atoms with E-state index in [-0.39, 0.29) is 6.03 Å². The van der Waals surface area contributed by atoms with Crippen LogP contribution in [0, 0.1) is 5.92 Å². The number of carbonyl (C=O) groups excluding carboxylic acids is 1. The average Bonchev–Trinajstić information content (AvgIpc) is 3.00. The Morgan fingerprint density at radius 2 is 1.79 bits per heavy atom. The molecule has 2 saturated heterocycles. The Hall–Kier alpha value is -1.55. The van der Waals surface area contributed by atoms with Crippen LogP contribution < -0.4 is 5.32 Å². The second kappa shape index (κ2) is 8.02. The predicted molar refractivity (Wildman–Crippen MR) is 98.4 cm³/mol. The molecule has 0 unspecified atom stereocenters. The number of hydrogen-bond donors (Lipinski definition) is 1. The molecule has 3 rings (SSSR count). The highest BCUT2D eigenvalue weighted by molar-refractivity contribution is 5.76. The molecule has 0 aliphatic carbocycles. The molecule has 0 saturated carbocycles. The van der Waals surface area contributed by atoms with E-state index in [0.717, 1.165) is 32.1 Å². The highest BCUT2D eigenvalue weighted by atomic mass is 16.2. The van der Waals surface area contributed by atoms with Crippen LogP contribution in [0.25, 0.3) is 0 Å². The maximum Gasteiger partial charge on any atom is 0.317 e. The number of amides is 2. The first-order chi connectivity index (χ1) is 11.6. The SMILES string of the molecule is CC(C)c1ccc(CC2CCN(CCN3CCNC3=O)CC2)cc1. The normalized spacial score (nSPS) is 20.0. The number of hydrogen-bond acceptors (Lipinski definition) is 2. The van der Waals surface area contributed by atoms with E-state index in [9.17, 15) is 4.79 Å². The van der Waals surface area contributed by atoms with E-state index in [0.29, 0.717) is 5.92 Å². The van der Waals surface area contributed by atoms with Crippen LogP contribution in [-0.4, -0.2) is 55.1 Å². The molecular formula is C20H31N3O. The van der Waals surface area contributed by atoms with E-state index in [1.165, 1.54) is 43.5 Å². The van der Waals surface area contributed by atoms with Crippen molar-refractivity contribution < 1.29 is 4.79 Å². The minimum absolute atomic E-state index is 0.106. The molecule has 2 aliphatic heterocycles. The monoisotopic (exact) mass is 329 g/mol. The largest absolute Gasteiger partial charge is 0.336 e. The molecule has 4 nitrogen and oxygen atoms in total. The van der Waals surface area contributed by atoms with Crippen molar-refractivity contribution in [3.05, 3.63) is 35.4 Å². The first kappa shape index (κ1) is 17.3. The number of rotatable bonds is 6. The standard InChI is InChI=1S/C20H31N3O/c1-16(2)19-5-3-17(4-6-19)15-18-7-10-22(11-8-18)13-14-23-12-9-21-20(23)24/h3-6,16,18H,7-15H2,1-2H3,(H,21,24). The second-order valence-electron chi connectivity index (χ2n) is 7.60. The van der Waals surface area contributed by atoms with E-state index < -0.39 is 0 Å². The maximum absolute atomic E-state index is 11.6. The van der Waals surface area contributed by atoms with Gasteiger partial charge in [0, 0.05) is 26.2 Å². The summed E-state index contributed by atoms with van der Waals surface area (Å²) in [4.78, 5) is 16.0. The zero-order chi connectivity index (χ0) is 16.9. The highest BCUT2D eigenvalue weighted by Crippen LogP contribution is 2.23. The third-order valence-corrected chi connectivity index (χ3v) is 5.51. The summed E-state index contributed by atoms with van der Waals surface area (Å²) in [5, 5.41) is 2.87. The van der Waals surface area contributed by atoms with E-state index in [2.05, 4.69) is 48.3 Å². The van der Waals surface area contributed by atoms with Crippen molar-refractivity contribution in [2.75, 3.05) is 39.3 Å². The molecule has 4 heteroatoms. The van der Waals surface area contributed by atoms with Gasteiger partial charge in [-0.05, 0) is 55.3 Å². The van der Waals surface area contributed by atoms with Gasteiger partial charge in [-0.1, -0.05) is 38.1 Å². The number of carbonyl (C=O) groups is 1. The number of nitrogens with one attached hydrogen (secondary N) is 1. The Bertz CT molecular complexity index is 532. The summed E-state index contributed by atoms with van der Waals surface area (Å²) >= 11 is 0. The quantitative estimate of drug-likeness (QED) is 0.870. The molecule has 132 valence electrons. The lowest BCUT2D eigenvalue weighted by atomic mass is 9.89. The molecule has 0 atom stereocenters. The molecule has 0 bridgehead atoms. The lowest BCUT2D eigenvalue weighted by Crippen LogP contribution is -2.41. The topological polar surface area (TPSA) is 35.6 Å². The molecule has 24 heavy (non-hydrogen) atoms.